The van der Waals surface area contributed by atoms with E-state index in [4.69, 9.17) is 11.0 Å². The Balaban J connectivity index is 2.12. The van der Waals surface area contributed by atoms with E-state index >= 15 is 0 Å². The van der Waals surface area contributed by atoms with Crippen LogP contribution in [0, 0.1) is 11.3 Å². The first-order valence-corrected chi connectivity index (χ1v) is 6.87. The summed E-state index contributed by atoms with van der Waals surface area (Å²) in [4.78, 5) is 12.3. The van der Waals surface area contributed by atoms with Crippen LogP contribution in [0.15, 0.2) is 36.5 Å². The Hall–Kier alpha value is -2.74. The summed E-state index contributed by atoms with van der Waals surface area (Å²) < 4.78 is 1.86. The van der Waals surface area contributed by atoms with Crippen LogP contribution >= 0.6 is 0 Å². The number of anilines is 2. The fourth-order valence-corrected chi connectivity index (χ4v) is 2.14. The lowest BCUT2D eigenvalue weighted by atomic mass is 10.1. The average Bonchev–Trinajstić information content (AvgIpc) is 2.83. The van der Waals surface area contributed by atoms with Crippen molar-refractivity contribution in [3.05, 3.63) is 47.8 Å². The lowest BCUT2D eigenvalue weighted by Crippen LogP contribution is -2.16. The zero-order valence-electron chi connectivity index (χ0n) is 12.0. The normalized spacial score (nSPS) is 10.1. The van der Waals surface area contributed by atoms with E-state index in [0.29, 0.717) is 23.5 Å². The summed E-state index contributed by atoms with van der Waals surface area (Å²) in [6.45, 7) is 2.80. The smallest absolute Gasteiger partial charge is 0.272 e. The molecule has 0 bridgehead atoms. The van der Waals surface area contributed by atoms with Gasteiger partial charge in [0, 0.05) is 18.4 Å². The van der Waals surface area contributed by atoms with E-state index in [9.17, 15) is 4.79 Å². The summed E-state index contributed by atoms with van der Waals surface area (Å²) in [5.74, 6) is -0.187. The van der Waals surface area contributed by atoms with E-state index in [2.05, 4.69) is 11.4 Å². The molecule has 0 radical (unpaired) electrons. The molecule has 2 aromatic rings. The number of nitrogens with two attached hydrogens (primary N) is 1. The molecule has 0 aliphatic heterocycles. The van der Waals surface area contributed by atoms with Crippen molar-refractivity contribution in [3.63, 3.8) is 0 Å². The maximum Gasteiger partial charge on any atom is 0.272 e. The first-order valence-electron chi connectivity index (χ1n) is 6.87. The number of carbonyl (C=O) groups is 1. The lowest BCUT2D eigenvalue weighted by Gasteiger charge is -2.09. The van der Waals surface area contributed by atoms with Gasteiger partial charge < -0.3 is 15.6 Å². The van der Waals surface area contributed by atoms with Crippen molar-refractivity contribution in [3.8, 4) is 6.07 Å². The van der Waals surface area contributed by atoms with Gasteiger partial charge in [-0.25, -0.2) is 0 Å². The number of aromatic nitrogens is 1. The zero-order valence-corrected chi connectivity index (χ0v) is 12.0. The van der Waals surface area contributed by atoms with Crippen LogP contribution in [0.25, 0.3) is 0 Å². The fraction of sp³-hybridized carbons (Fsp3) is 0.250. The standard InChI is InChI=1S/C16H18N4O/c1-2-9-20-11-13(18)10-15(20)16(21)19-14-5-3-12(4-6-14)7-8-17/h3-6,10-11H,2,7,9,18H2,1H3,(H,19,21). The number of nitrogens with zero attached hydrogens (tertiary/aromatic N) is 2. The zero-order chi connectivity index (χ0) is 15.2. The number of rotatable bonds is 5. The predicted molar refractivity (Wildman–Crippen MR) is 82.8 cm³/mol. The molecule has 0 saturated heterocycles. The molecule has 108 valence electrons. The van der Waals surface area contributed by atoms with Crippen molar-refractivity contribution in [2.45, 2.75) is 26.3 Å². The van der Waals surface area contributed by atoms with Gasteiger partial charge >= 0.3 is 0 Å². The molecule has 2 rings (SSSR count). The number of nitrogens with one attached hydrogen (secondary N) is 1. The average molecular weight is 282 g/mol. The summed E-state index contributed by atoms with van der Waals surface area (Å²) in [5, 5.41) is 11.5. The van der Waals surface area contributed by atoms with Crippen LogP contribution in [0.4, 0.5) is 11.4 Å². The molecule has 0 fully saturated rings. The number of hydrogen-bond acceptors (Lipinski definition) is 3. The van der Waals surface area contributed by atoms with Crippen molar-refractivity contribution < 1.29 is 4.79 Å². The minimum absolute atomic E-state index is 0.187. The Kier molecular flexibility index (Phi) is 4.62. The van der Waals surface area contributed by atoms with Crippen LogP contribution in [0.5, 0.6) is 0 Å². The SMILES string of the molecule is CCCn1cc(N)cc1C(=O)Nc1ccc(CC#N)cc1. The van der Waals surface area contributed by atoms with Crippen LogP contribution < -0.4 is 11.1 Å². The summed E-state index contributed by atoms with van der Waals surface area (Å²) in [6, 6.07) is 11.0. The molecule has 0 saturated carbocycles. The highest BCUT2D eigenvalue weighted by Crippen LogP contribution is 2.15. The van der Waals surface area contributed by atoms with Gasteiger partial charge in [-0.3, -0.25) is 4.79 Å². The maximum absolute atomic E-state index is 12.3. The van der Waals surface area contributed by atoms with E-state index in [1.807, 2.05) is 23.6 Å². The number of aryl methyl sites for hydroxylation is 1. The van der Waals surface area contributed by atoms with Gasteiger partial charge in [0.25, 0.3) is 5.91 Å². The van der Waals surface area contributed by atoms with E-state index in [1.165, 1.54) is 0 Å². The van der Waals surface area contributed by atoms with Crippen LogP contribution in [0.1, 0.15) is 29.4 Å². The highest BCUT2D eigenvalue weighted by atomic mass is 16.1. The molecule has 21 heavy (non-hydrogen) atoms. The molecular weight excluding hydrogens is 264 g/mol. The second-order valence-corrected chi connectivity index (χ2v) is 4.84. The van der Waals surface area contributed by atoms with E-state index in [1.54, 1.807) is 24.4 Å². The molecule has 1 aromatic heterocycles. The topological polar surface area (TPSA) is 83.8 Å². The first kappa shape index (κ1) is 14.7. The molecule has 1 heterocycles. The van der Waals surface area contributed by atoms with Crippen LogP contribution in [0.2, 0.25) is 0 Å². The molecule has 0 unspecified atom stereocenters. The summed E-state index contributed by atoms with van der Waals surface area (Å²) in [5.41, 5.74) is 8.52. The summed E-state index contributed by atoms with van der Waals surface area (Å²) in [7, 11) is 0. The molecule has 5 heteroatoms. The van der Waals surface area contributed by atoms with Crippen molar-refractivity contribution in [2.24, 2.45) is 0 Å². The number of nitrogen functional groups attached to an aromatic ring is 1. The molecule has 0 aliphatic rings. The minimum Gasteiger partial charge on any atom is -0.397 e. The first-order chi connectivity index (χ1) is 10.1. The molecule has 0 spiro atoms. The monoisotopic (exact) mass is 282 g/mol. The highest BCUT2D eigenvalue weighted by molar-refractivity contribution is 6.03. The van der Waals surface area contributed by atoms with E-state index < -0.39 is 0 Å². The molecule has 1 aromatic carbocycles. The van der Waals surface area contributed by atoms with E-state index in [-0.39, 0.29) is 5.91 Å². The van der Waals surface area contributed by atoms with E-state index in [0.717, 1.165) is 18.5 Å². The van der Waals surface area contributed by atoms with Gasteiger partial charge in [0.2, 0.25) is 0 Å². The molecule has 1 amide bonds. The largest absolute Gasteiger partial charge is 0.397 e. The van der Waals surface area contributed by atoms with Crippen molar-refractivity contribution in [1.29, 1.82) is 5.26 Å². The number of benzene rings is 1. The number of amides is 1. The molecule has 5 nitrogen and oxygen atoms in total. The Morgan fingerprint density at radius 2 is 2.10 bits per heavy atom. The van der Waals surface area contributed by atoms with Gasteiger partial charge in [0.15, 0.2) is 0 Å². The van der Waals surface area contributed by atoms with Crippen LogP contribution in [-0.2, 0) is 13.0 Å². The highest BCUT2D eigenvalue weighted by Gasteiger charge is 2.12. The van der Waals surface area contributed by atoms with Gasteiger partial charge in [-0.1, -0.05) is 19.1 Å². The van der Waals surface area contributed by atoms with Crippen molar-refractivity contribution in [1.82, 2.24) is 4.57 Å². The quantitative estimate of drug-likeness (QED) is 0.884. The lowest BCUT2D eigenvalue weighted by molar-refractivity contribution is 0.101. The van der Waals surface area contributed by atoms with Gasteiger partial charge in [-0.15, -0.1) is 0 Å². The van der Waals surface area contributed by atoms with Crippen LogP contribution in [-0.4, -0.2) is 10.5 Å². The Bertz CT molecular complexity index is 665. The molecule has 3 N–H and O–H groups in total. The third kappa shape index (κ3) is 3.63. The summed E-state index contributed by atoms with van der Waals surface area (Å²) >= 11 is 0. The fourth-order valence-electron chi connectivity index (χ4n) is 2.14. The third-order valence-corrected chi connectivity index (χ3v) is 3.11. The van der Waals surface area contributed by atoms with Gasteiger partial charge in [-0.2, -0.15) is 5.26 Å². The Morgan fingerprint density at radius 3 is 2.71 bits per heavy atom. The number of nitriles is 1. The Labute approximate surface area is 124 Å². The van der Waals surface area contributed by atoms with Crippen LogP contribution in [0.3, 0.4) is 0 Å². The second kappa shape index (κ2) is 6.62. The number of hydrogen-bond donors (Lipinski definition) is 2. The van der Waals surface area contributed by atoms with Gasteiger partial charge in [0.05, 0.1) is 18.2 Å². The minimum atomic E-state index is -0.187. The third-order valence-electron chi connectivity index (χ3n) is 3.11. The molecule has 0 atom stereocenters. The molecule has 0 aliphatic carbocycles. The van der Waals surface area contributed by atoms with Crippen molar-refractivity contribution >= 4 is 17.3 Å². The predicted octanol–water partition coefficient (Wildman–Crippen LogP) is 2.80. The van der Waals surface area contributed by atoms with Gasteiger partial charge in [-0.05, 0) is 30.2 Å². The second-order valence-electron chi connectivity index (χ2n) is 4.84. The van der Waals surface area contributed by atoms with Crippen molar-refractivity contribution in [2.75, 3.05) is 11.1 Å². The number of carbonyl (C=O) groups excluding carboxylic acids is 1. The summed E-state index contributed by atoms with van der Waals surface area (Å²) in [6.07, 6.45) is 3.07. The molecular formula is C16H18N4O. The van der Waals surface area contributed by atoms with Gasteiger partial charge in [0.1, 0.15) is 5.69 Å². The Morgan fingerprint density at radius 1 is 1.38 bits per heavy atom. The maximum atomic E-state index is 12.3.